The summed E-state index contributed by atoms with van der Waals surface area (Å²) in [5.74, 6) is 4.00. The predicted molar refractivity (Wildman–Crippen MR) is 136 cm³/mol. The number of benzene rings is 2. The second kappa shape index (κ2) is 11.9. The smallest absolute Gasteiger partial charge is 0.314 e. The minimum atomic E-state index is -0.0182. The molecule has 0 saturated heterocycles. The van der Waals surface area contributed by atoms with E-state index in [1.54, 1.807) is 0 Å². The number of ether oxygens (including phenoxy) is 1. The fourth-order valence-electron chi connectivity index (χ4n) is 6.35. The molecule has 0 N–H and O–H groups in total. The van der Waals surface area contributed by atoms with Gasteiger partial charge in [0.25, 0.3) is 0 Å². The lowest BCUT2D eigenvalue weighted by Crippen LogP contribution is -2.30. The molecule has 2 aliphatic rings. The fourth-order valence-corrected chi connectivity index (χ4v) is 6.35. The van der Waals surface area contributed by atoms with E-state index in [-0.39, 0.29) is 11.9 Å². The van der Waals surface area contributed by atoms with Crippen molar-refractivity contribution in [1.29, 1.82) is 0 Å². The van der Waals surface area contributed by atoms with E-state index in [2.05, 4.69) is 56.3 Å². The summed E-state index contributed by atoms with van der Waals surface area (Å²) >= 11 is 0. The second-order valence-electron chi connectivity index (χ2n) is 10.8. The molecule has 0 amide bonds. The third-order valence-corrected chi connectivity index (χ3v) is 8.40. The predicted octanol–water partition coefficient (Wildman–Crippen LogP) is 8.35. The molecule has 4 rings (SSSR count). The van der Waals surface area contributed by atoms with Gasteiger partial charge in [-0.3, -0.25) is 4.79 Å². The molecule has 33 heavy (non-hydrogen) atoms. The Morgan fingerprint density at radius 3 is 2.06 bits per heavy atom. The van der Waals surface area contributed by atoms with Crippen molar-refractivity contribution < 1.29 is 9.53 Å². The van der Waals surface area contributed by atoms with Crippen molar-refractivity contribution in [2.24, 2.45) is 23.7 Å². The van der Waals surface area contributed by atoms with Gasteiger partial charge in [-0.2, -0.15) is 0 Å². The number of carbonyl (C=O) groups is 1. The standard InChI is InChI=1S/C31H42O2/c1-3-7-24-12-20-30(21-13-24)33-31(32)29-18-16-28(17-19-29)27-14-10-25(11-15-27)22-23(2)26-8-5-4-6-9-26/h4-6,8-9,12-13,20-21,23,25,27-29H,3,7,10-11,14-19,22H2,1-2H3/t23-,25?,27?,28?,29?/m1/s1. The Morgan fingerprint density at radius 2 is 1.45 bits per heavy atom. The maximum Gasteiger partial charge on any atom is 0.314 e. The molecule has 0 aromatic heterocycles. The molecule has 2 aromatic carbocycles. The zero-order valence-corrected chi connectivity index (χ0v) is 20.7. The Kier molecular flexibility index (Phi) is 8.64. The third kappa shape index (κ3) is 6.71. The average Bonchev–Trinajstić information content (AvgIpc) is 2.86. The first-order valence-corrected chi connectivity index (χ1v) is 13.5. The van der Waals surface area contributed by atoms with Crippen LogP contribution in [0.4, 0.5) is 0 Å². The van der Waals surface area contributed by atoms with Crippen molar-refractivity contribution in [3.05, 3.63) is 65.7 Å². The molecule has 0 unspecified atom stereocenters. The molecule has 1 atom stereocenters. The number of aryl methyl sites for hydroxylation is 1. The molecule has 2 aliphatic carbocycles. The number of hydrogen-bond acceptors (Lipinski definition) is 2. The Bertz CT molecular complexity index is 840. The number of hydrogen-bond donors (Lipinski definition) is 0. The zero-order valence-electron chi connectivity index (χ0n) is 20.7. The summed E-state index contributed by atoms with van der Waals surface area (Å²) < 4.78 is 5.72. The lowest BCUT2D eigenvalue weighted by atomic mass is 9.68. The number of rotatable bonds is 8. The molecule has 0 aliphatic heterocycles. The monoisotopic (exact) mass is 446 g/mol. The van der Waals surface area contributed by atoms with Gasteiger partial charge in [0.1, 0.15) is 5.75 Å². The van der Waals surface area contributed by atoms with Crippen molar-refractivity contribution in [1.82, 2.24) is 0 Å². The van der Waals surface area contributed by atoms with Crippen molar-refractivity contribution in [2.75, 3.05) is 0 Å². The molecule has 0 heterocycles. The summed E-state index contributed by atoms with van der Waals surface area (Å²) in [4.78, 5) is 12.7. The highest BCUT2D eigenvalue weighted by atomic mass is 16.5. The minimum Gasteiger partial charge on any atom is -0.426 e. The van der Waals surface area contributed by atoms with Crippen LogP contribution in [0.2, 0.25) is 0 Å². The van der Waals surface area contributed by atoms with Crippen LogP contribution in [0, 0.1) is 23.7 Å². The van der Waals surface area contributed by atoms with E-state index < -0.39 is 0 Å². The summed E-state index contributed by atoms with van der Waals surface area (Å²) in [5.41, 5.74) is 2.80. The van der Waals surface area contributed by atoms with Crippen molar-refractivity contribution >= 4 is 5.97 Å². The van der Waals surface area contributed by atoms with E-state index in [9.17, 15) is 4.79 Å². The Hall–Kier alpha value is -2.09. The fraction of sp³-hybridized carbons (Fsp3) is 0.581. The van der Waals surface area contributed by atoms with Crippen molar-refractivity contribution in [2.45, 2.75) is 90.4 Å². The van der Waals surface area contributed by atoms with Crippen LogP contribution in [0.3, 0.4) is 0 Å². The summed E-state index contributed by atoms with van der Waals surface area (Å²) in [6.45, 7) is 4.57. The van der Waals surface area contributed by atoms with Crippen LogP contribution in [-0.4, -0.2) is 5.97 Å². The quantitative estimate of drug-likeness (QED) is 0.301. The average molecular weight is 447 g/mol. The van der Waals surface area contributed by atoms with Gasteiger partial charge >= 0.3 is 5.97 Å². The second-order valence-corrected chi connectivity index (χ2v) is 10.8. The molecule has 2 saturated carbocycles. The first kappa shape index (κ1) is 24.0. The highest BCUT2D eigenvalue weighted by Crippen LogP contribution is 2.43. The molecule has 2 heteroatoms. The van der Waals surface area contributed by atoms with Gasteiger partial charge in [0.2, 0.25) is 0 Å². The summed E-state index contributed by atoms with van der Waals surface area (Å²) in [6.07, 6.45) is 13.5. The number of carbonyl (C=O) groups excluding carboxylic acids is 1. The molecule has 2 nitrogen and oxygen atoms in total. The zero-order chi connectivity index (χ0) is 23.0. The van der Waals surface area contributed by atoms with Crippen LogP contribution >= 0.6 is 0 Å². The van der Waals surface area contributed by atoms with Gasteiger partial charge in [-0.15, -0.1) is 0 Å². The lowest BCUT2D eigenvalue weighted by molar-refractivity contribution is -0.140. The lowest BCUT2D eigenvalue weighted by Gasteiger charge is -2.38. The summed E-state index contributed by atoms with van der Waals surface area (Å²) in [7, 11) is 0. The van der Waals surface area contributed by atoms with Crippen LogP contribution in [0.5, 0.6) is 5.75 Å². The highest BCUT2D eigenvalue weighted by molar-refractivity contribution is 5.75. The Balaban J connectivity index is 1.17. The van der Waals surface area contributed by atoms with E-state index in [0.717, 1.165) is 43.4 Å². The van der Waals surface area contributed by atoms with E-state index in [1.165, 1.54) is 56.1 Å². The van der Waals surface area contributed by atoms with Gasteiger partial charge in [0.15, 0.2) is 0 Å². The highest BCUT2D eigenvalue weighted by Gasteiger charge is 2.34. The van der Waals surface area contributed by atoms with Crippen molar-refractivity contribution in [3.8, 4) is 5.75 Å². The van der Waals surface area contributed by atoms with Crippen LogP contribution in [-0.2, 0) is 11.2 Å². The van der Waals surface area contributed by atoms with Gasteiger partial charge < -0.3 is 4.74 Å². The molecular formula is C31H42O2. The van der Waals surface area contributed by atoms with E-state index in [0.29, 0.717) is 11.7 Å². The molecule has 2 fully saturated rings. The Labute approximate surface area is 201 Å². The summed E-state index contributed by atoms with van der Waals surface area (Å²) in [6, 6.07) is 19.1. The summed E-state index contributed by atoms with van der Waals surface area (Å²) in [5, 5.41) is 0. The van der Waals surface area contributed by atoms with Gasteiger partial charge in [-0.1, -0.05) is 75.6 Å². The molecule has 0 spiro atoms. The molecule has 178 valence electrons. The van der Waals surface area contributed by atoms with Gasteiger partial charge in [0.05, 0.1) is 5.92 Å². The van der Waals surface area contributed by atoms with E-state index in [1.807, 2.05) is 12.1 Å². The van der Waals surface area contributed by atoms with Crippen LogP contribution in [0.15, 0.2) is 54.6 Å². The van der Waals surface area contributed by atoms with Gasteiger partial charge in [-0.25, -0.2) is 0 Å². The number of esters is 1. The van der Waals surface area contributed by atoms with Gasteiger partial charge in [0, 0.05) is 0 Å². The SMILES string of the molecule is CCCc1ccc(OC(=O)C2CCC(C3CCC(C[C@@H](C)c4ccccc4)CC3)CC2)cc1. The topological polar surface area (TPSA) is 26.3 Å². The van der Waals surface area contributed by atoms with Gasteiger partial charge in [-0.05, 0) is 98.3 Å². The first-order valence-electron chi connectivity index (χ1n) is 13.5. The molecule has 2 aromatic rings. The third-order valence-electron chi connectivity index (χ3n) is 8.40. The maximum atomic E-state index is 12.7. The Morgan fingerprint density at radius 1 is 0.848 bits per heavy atom. The van der Waals surface area contributed by atoms with E-state index >= 15 is 0 Å². The molecule has 0 radical (unpaired) electrons. The molecular weight excluding hydrogens is 404 g/mol. The van der Waals surface area contributed by atoms with Crippen LogP contribution in [0.25, 0.3) is 0 Å². The minimum absolute atomic E-state index is 0.0182. The largest absolute Gasteiger partial charge is 0.426 e. The maximum absolute atomic E-state index is 12.7. The first-order chi connectivity index (χ1) is 16.1. The molecule has 0 bridgehead atoms. The van der Waals surface area contributed by atoms with Crippen molar-refractivity contribution in [3.63, 3.8) is 0 Å². The van der Waals surface area contributed by atoms with Crippen LogP contribution < -0.4 is 4.74 Å². The van der Waals surface area contributed by atoms with E-state index in [4.69, 9.17) is 4.74 Å². The normalized spacial score (nSPS) is 26.5. The van der Waals surface area contributed by atoms with Crippen LogP contribution in [0.1, 0.15) is 95.1 Å².